The minimum absolute atomic E-state index is 0.152. The van der Waals surface area contributed by atoms with Gasteiger partial charge in [0, 0.05) is 47.8 Å². The van der Waals surface area contributed by atoms with Crippen molar-refractivity contribution >= 4 is 50.7 Å². The van der Waals surface area contributed by atoms with Crippen LogP contribution in [0.5, 0.6) is 0 Å². The first-order chi connectivity index (χ1) is 17.8. The van der Waals surface area contributed by atoms with Gasteiger partial charge in [0.2, 0.25) is 11.9 Å². The highest BCUT2D eigenvalue weighted by atomic mass is 79.9. The molecule has 9 nitrogen and oxygen atoms in total. The van der Waals surface area contributed by atoms with E-state index in [2.05, 4.69) is 46.9 Å². The molecule has 0 unspecified atom stereocenters. The molecule has 0 fully saturated rings. The molecule has 0 aliphatic carbocycles. The zero-order chi connectivity index (χ0) is 26.4. The van der Waals surface area contributed by atoms with E-state index in [1.165, 1.54) is 24.3 Å². The lowest BCUT2D eigenvalue weighted by Crippen LogP contribution is -2.13. The van der Waals surface area contributed by atoms with Crippen LogP contribution >= 0.6 is 15.9 Å². The highest BCUT2D eigenvalue weighted by Crippen LogP contribution is 2.32. The van der Waals surface area contributed by atoms with E-state index in [0.717, 1.165) is 10.0 Å². The van der Waals surface area contributed by atoms with Gasteiger partial charge in [0.25, 0.3) is 0 Å². The van der Waals surface area contributed by atoms with Crippen molar-refractivity contribution in [3.8, 4) is 11.1 Å². The number of carbonyl (C=O) groups excluding carboxylic acids is 1. The fourth-order valence-electron chi connectivity index (χ4n) is 3.37. The predicted octanol–water partition coefficient (Wildman–Crippen LogP) is 5.32. The zero-order valence-corrected chi connectivity index (χ0v) is 22.1. The van der Waals surface area contributed by atoms with Crippen molar-refractivity contribution in [3.63, 3.8) is 0 Å². The van der Waals surface area contributed by atoms with Crippen LogP contribution in [0.25, 0.3) is 11.1 Å². The largest absolute Gasteiger partial charge is 0.337 e. The number of hydrogen-bond acceptors (Lipinski definition) is 7. The van der Waals surface area contributed by atoms with Gasteiger partial charge in [-0.1, -0.05) is 34.1 Å². The normalized spacial score (nSPS) is 11.2. The lowest BCUT2D eigenvalue weighted by molar-refractivity contribution is -0.111. The molecule has 0 saturated carbocycles. The van der Waals surface area contributed by atoms with Crippen LogP contribution in [0, 0.1) is 5.82 Å². The molecule has 4 aromatic rings. The van der Waals surface area contributed by atoms with Crippen molar-refractivity contribution < 1.29 is 9.18 Å². The summed E-state index contributed by atoms with van der Waals surface area (Å²) in [7, 11) is 5.63. The fraction of sp³-hybridized carbons (Fsp3) is 0.154. The molecule has 2 aromatic carbocycles. The van der Waals surface area contributed by atoms with Crippen LogP contribution in [-0.2, 0) is 11.8 Å². The van der Waals surface area contributed by atoms with Crippen molar-refractivity contribution in [1.29, 1.82) is 0 Å². The summed E-state index contributed by atoms with van der Waals surface area (Å²) in [6.45, 7) is 0.631. The molecular weight excluding hydrogens is 539 g/mol. The molecule has 0 aliphatic heterocycles. The Morgan fingerprint density at radius 1 is 1.11 bits per heavy atom. The quantitative estimate of drug-likeness (QED) is 0.236. The molecular formula is C26H26BrFN8O. The van der Waals surface area contributed by atoms with Crippen molar-refractivity contribution in [2.24, 2.45) is 7.05 Å². The average Bonchev–Trinajstić information content (AvgIpc) is 3.26. The SMILES string of the molecule is CN(C)C/C=C/C(=O)Nc1ccc(F)c(Nc2nc(Nc3cnn(C)c3)ncc2-c2ccc(Br)cc2)c1. The first kappa shape index (κ1) is 26.0. The van der Waals surface area contributed by atoms with Gasteiger partial charge in [-0.15, -0.1) is 0 Å². The molecule has 37 heavy (non-hydrogen) atoms. The number of halogens is 2. The first-order valence-corrected chi connectivity index (χ1v) is 12.1. The van der Waals surface area contributed by atoms with Crippen molar-refractivity contribution in [2.45, 2.75) is 0 Å². The van der Waals surface area contributed by atoms with Crippen molar-refractivity contribution in [2.75, 3.05) is 36.6 Å². The van der Waals surface area contributed by atoms with Gasteiger partial charge >= 0.3 is 0 Å². The third kappa shape index (κ3) is 7.21. The third-order valence-electron chi connectivity index (χ3n) is 5.13. The topological polar surface area (TPSA) is 100 Å². The van der Waals surface area contributed by atoms with Crippen LogP contribution < -0.4 is 16.0 Å². The van der Waals surface area contributed by atoms with E-state index >= 15 is 0 Å². The summed E-state index contributed by atoms with van der Waals surface area (Å²) in [6.07, 6.45) is 8.30. The Morgan fingerprint density at radius 2 is 1.89 bits per heavy atom. The minimum Gasteiger partial charge on any atom is -0.337 e. The summed E-state index contributed by atoms with van der Waals surface area (Å²) in [5.74, 6) is -0.104. The van der Waals surface area contributed by atoms with E-state index < -0.39 is 5.82 Å². The lowest BCUT2D eigenvalue weighted by atomic mass is 10.1. The highest BCUT2D eigenvalue weighted by Gasteiger charge is 2.14. The molecule has 2 aromatic heterocycles. The number of likely N-dealkylation sites (N-methyl/N-ethyl adjacent to an activating group) is 1. The molecule has 4 rings (SSSR count). The molecule has 1 amide bonds. The molecule has 2 heterocycles. The molecule has 11 heteroatoms. The van der Waals surface area contributed by atoms with Crippen LogP contribution in [0.2, 0.25) is 0 Å². The Labute approximate surface area is 222 Å². The third-order valence-corrected chi connectivity index (χ3v) is 5.66. The number of amides is 1. The lowest BCUT2D eigenvalue weighted by Gasteiger charge is -2.14. The van der Waals surface area contributed by atoms with Crippen LogP contribution in [0.1, 0.15) is 0 Å². The summed E-state index contributed by atoms with van der Waals surface area (Å²) in [4.78, 5) is 23.2. The van der Waals surface area contributed by atoms with Gasteiger partial charge in [-0.2, -0.15) is 10.1 Å². The molecule has 0 atom stereocenters. The molecule has 0 spiro atoms. The minimum atomic E-state index is -0.497. The Bertz CT molecular complexity index is 1420. The summed E-state index contributed by atoms with van der Waals surface area (Å²) >= 11 is 3.44. The number of nitrogens with one attached hydrogen (secondary N) is 3. The van der Waals surface area contributed by atoms with E-state index in [1.54, 1.807) is 29.3 Å². The maximum absolute atomic E-state index is 14.9. The summed E-state index contributed by atoms with van der Waals surface area (Å²) in [6, 6.07) is 11.9. The van der Waals surface area contributed by atoms with Crippen molar-refractivity contribution in [3.05, 3.63) is 83.5 Å². The van der Waals surface area contributed by atoms with Crippen LogP contribution in [0.4, 0.5) is 33.2 Å². The van der Waals surface area contributed by atoms with E-state index in [-0.39, 0.29) is 11.6 Å². The number of aromatic nitrogens is 4. The molecule has 190 valence electrons. The molecule has 3 N–H and O–H groups in total. The highest BCUT2D eigenvalue weighted by molar-refractivity contribution is 9.10. The predicted molar refractivity (Wildman–Crippen MR) is 148 cm³/mol. The van der Waals surface area contributed by atoms with Gasteiger partial charge < -0.3 is 20.9 Å². The van der Waals surface area contributed by atoms with Gasteiger partial charge in [-0.3, -0.25) is 9.48 Å². The number of anilines is 5. The summed E-state index contributed by atoms with van der Waals surface area (Å²) in [5, 5.41) is 13.1. The number of carbonyl (C=O) groups is 1. The van der Waals surface area contributed by atoms with Crippen LogP contribution in [0.15, 0.2) is 77.7 Å². The maximum Gasteiger partial charge on any atom is 0.248 e. The second-order valence-electron chi connectivity index (χ2n) is 8.46. The van der Waals surface area contributed by atoms with Gasteiger partial charge in [0.15, 0.2) is 0 Å². The van der Waals surface area contributed by atoms with Crippen LogP contribution in [0.3, 0.4) is 0 Å². The Balaban J connectivity index is 1.64. The number of nitrogens with zero attached hydrogens (tertiary/aromatic N) is 5. The maximum atomic E-state index is 14.9. The van der Waals surface area contributed by atoms with Crippen LogP contribution in [-0.4, -0.2) is 51.2 Å². The fourth-order valence-corrected chi connectivity index (χ4v) is 3.64. The number of aryl methyl sites for hydroxylation is 1. The molecule has 0 aliphatic rings. The smallest absolute Gasteiger partial charge is 0.248 e. The van der Waals surface area contributed by atoms with Gasteiger partial charge in [0.05, 0.1) is 17.6 Å². The molecule has 0 bridgehead atoms. The number of rotatable bonds is 9. The number of hydrogen-bond donors (Lipinski definition) is 3. The van der Waals surface area contributed by atoms with Gasteiger partial charge in [-0.25, -0.2) is 9.37 Å². The molecule has 0 radical (unpaired) electrons. The second kappa shape index (κ2) is 11.8. The summed E-state index contributed by atoms with van der Waals surface area (Å²) in [5.41, 5.74) is 2.82. The summed E-state index contributed by atoms with van der Waals surface area (Å²) < 4.78 is 17.4. The molecule has 0 saturated heterocycles. The van der Waals surface area contributed by atoms with E-state index in [4.69, 9.17) is 0 Å². The Hall–Kier alpha value is -4.09. The average molecular weight is 565 g/mol. The van der Waals surface area contributed by atoms with Gasteiger partial charge in [-0.05, 0) is 50.0 Å². The van der Waals surface area contributed by atoms with Crippen molar-refractivity contribution in [1.82, 2.24) is 24.6 Å². The number of benzene rings is 2. The Morgan fingerprint density at radius 3 is 2.59 bits per heavy atom. The Kier molecular flexibility index (Phi) is 8.26. The first-order valence-electron chi connectivity index (χ1n) is 11.3. The monoisotopic (exact) mass is 564 g/mol. The van der Waals surface area contributed by atoms with E-state index in [1.807, 2.05) is 50.3 Å². The zero-order valence-electron chi connectivity index (χ0n) is 20.5. The van der Waals surface area contributed by atoms with E-state index in [0.29, 0.717) is 35.2 Å². The van der Waals surface area contributed by atoms with E-state index in [9.17, 15) is 9.18 Å². The standard InChI is InChI=1S/C26H26BrFN8O/c1-35(2)12-4-5-24(37)31-19-10-11-22(28)23(13-19)33-25-21(17-6-8-18(27)9-7-17)15-29-26(34-25)32-20-14-30-36(3)16-20/h4-11,13-16H,12H2,1-3H3,(H,31,37)(H2,29,32,33,34)/b5-4+. The second-order valence-corrected chi connectivity index (χ2v) is 9.38. The van der Waals surface area contributed by atoms with Gasteiger partial charge in [0.1, 0.15) is 11.6 Å².